The SMILES string of the molecule is COc1cc(CS(=O)(=O)O)c(C)c(P(c2cccc(C)c2)c2cc(C)cc(CS(=O)(=O)O)c2OC)c1. The first kappa shape index (κ1) is 28.1. The van der Waals surface area contributed by atoms with Crippen molar-refractivity contribution in [1.29, 1.82) is 0 Å². The molecule has 0 saturated carbocycles. The number of benzene rings is 3. The summed E-state index contributed by atoms with van der Waals surface area (Å²) in [6.07, 6.45) is 0. The topological polar surface area (TPSA) is 127 Å². The number of hydrogen-bond donors (Lipinski definition) is 2. The third-order valence-electron chi connectivity index (χ3n) is 5.61. The zero-order valence-corrected chi connectivity index (χ0v) is 23.2. The molecule has 3 rings (SSSR count). The monoisotopic (exact) mass is 552 g/mol. The summed E-state index contributed by atoms with van der Waals surface area (Å²) in [7, 11) is -7.17. The van der Waals surface area contributed by atoms with E-state index in [1.165, 1.54) is 14.2 Å². The molecule has 0 fully saturated rings. The zero-order valence-electron chi connectivity index (χ0n) is 20.6. The first-order chi connectivity index (χ1) is 16.7. The minimum Gasteiger partial charge on any atom is -0.497 e. The van der Waals surface area contributed by atoms with Crippen LogP contribution in [0.25, 0.3) is 0 Å². The van der Waals surface area contributed by atoms with Gasteiger partial charge in [-0.3, -0.25) is 9.11 Å². The minimum absolute atomic E-state index is 0.314. The minimum atomic E-state index is -4.34. The molecule has 0 spiro atoms. The van der Waals surface area contributed by atoms with Crippen LogP contribution in [0.1, 0.15) is 27.8 Å². The molecule has 0 aromatic heterocycles. The summed E-state index contributed by atoms with van der Waals surface area (Å²) in [4.78, 5) is 0. The van der Waals surface area contributed by atoms with Crippen molar-refractivity contribution in [2.75, 3.05) is 14.2 Å². The maximum atomic E-state index is 11.8. The standard InChI is InChI=1S/C25H29O8PS2/c1-16-7-6-8-22(10-16)34(23-13-21(32-4)12-19(18(23)3)14-35(26,27)28)24-11-17(2)9-20(25(24)33-5)15-36(29,30)31/h6-13H,14-15H2,1-5H3,(H,26,27,28)(H,29,30,31). The maximum Gasteiger partial charge on any atom is 0.269 e. The van der Waals surface area contributed by atoms with Gasteiger partial charge in [0.15, 0.2) is 0 Å². The highest BCUT2D eigenvalue weighted by Gasteiger charge is 2.28. The van der Waals surface area contributed by atoms with Crippen molar-refractivity contribution in [1.82, 2.24) is 0 Å². The molecule has 36 heavy (non-hydrogen) atoms. The predicted molar refractivity (Wildman–Crippen MR) is 143 cm³/mol. The van der Waals surface area contributed by atoms with Crippen molar-refractivity contribution in [3.63, 3.8) is 0 Å². The second-order valence-electron chi connectivity index (χ2n) is 8.53. The summed E-state index contributed by atoms with van der Waals surface area (Å²) in [5, 5.41) is 2.38. The molecule has 0 aliphatic carbocycles. The van der Waals surface area contributed by atoms with Gasteiger partial charge in [0, 0.05) is 10.9 Å². The average Bonchev–Trinajstić information content (AvgIpc) is 2.74. The van der Waals surface area contributed by atoms with Crippen LogP contribution in [0.15, 0.2) is 48.5 Å². The molecule has 1 unspecified atom stereocenters. The molecule has 1 atom stereocenters. The lowest BCUT2D eigenvalue weighted by Gasteiger charge is -2.26. The average molecular weight is 553 g/mol. The van der Waals surface area contributed by atoms with Crippen LogP contribution in [-0.2, 0) is 31.7 Å². The van der Waals surface area contributed by atoms with Gasteiger partial charge in [0.1, 0.15) is 23.0 Å². The Labute approximate surface area is 213 Å². The Morgan fingerprint density at radius 3 is 1.94 bits per heavy atom. The van der Waals surface area contributed by atoms with Gasteiger partial charge in [0.25, 0.3) is 20.2 Å². The van der Waals surface area contributed by atoms with Gasteiger partial charge in [0.2, 0.25) is 0 Å². The third-order valence-corrected chi connectivity index (χ3v) is 9.52. The molecule has 0 amide bonds. The van der Waals surface area contributed by atoms with Crippen molar-refractivity contribution in [3.05, 3.63) is 76.3 Å². The van der Waals surface area contributed by atoms with E-state index in [2.05, 4.69) is 0 Å². The van der Waals surface area contributed by atoms with E-state index in [0.29, 0.717) is 33.5 Å². The molecule has 2 N–H and O–H groups in total. The summed E-state index contributed by atoms with van der Waals surface area (Å²) in [5.74, 6) is -0.463. The lowest BCUT2D eigenvalue weighted by molar-refractivity contribution is 0.413. The summed E-state index contributed by atoms with van der Waals surface area (Å²) < 4.78 is 77.4. The normalized spacial score (nSPS) is 12.9. The molecule has 0 bridgehead atoms. The second-order valence-corrected chi connectivity index (χ2v) is 13.6. The fourth-order valence-electron chi connectivity index (χ4n) is 4.13. The Morgan fingerprint density at radius 2 is 1.39 bits per heavy atom. The van der Waals surface area contributed by atoms with E-state index in [1.54, 1.807) is 19.1 Å². The summed E-state index contributed by atoms with van der Waals surface area (Å²) in [6, 6.07) is 14.8. The number of ether oxygens (including phenoxy) is 2. The lowest BCUT2D eigenvalue weighted by Crippen LogP contribution is -2.26. The largest absolute Gasteiger partial charge is 0.497 e. The van der Waals surface area contributed by atoms with Crippen LogP contribution in [0.2, 0.25) is 0 Å². The Hall–Kier alpha value is -2.49. The second kappa shape index (κ2) is 10.9. The smallest absolute Gasteiger partial charge is 0.269 e. The van der Waals surface area contributed by atoms with Crippen molar-refractivity contribution in [2.45, 2.75) is 32.3 Å². The molecule has 0 aliphatic heterocycles. The third kappa shape index (κ3) is 6.83. The molecule has 3 aromatic carbocycles. The molecular formula is C25H29O8PS2. The summed E-state index contributed by atoms with van der Waals surface area (Å²) in [5.41, 5.74) is 3.12. The van der Waals surface area contributed by atoms with Crippen LogP contribution in [0.4, 0.5) is 0 Å². The molecule has 194 valence electrons. The number of aryl methyl sites for hydroxylation is 2. The van der Waals surface area contributed by atoms with Gasteiger partial charge >= 0.3 is 0 Å². The van der Waals surface area contributed by atoms with Crippen molar-refractivity contribution in [2.24, 2.45) is 0 Å². The molecule has 3 aromatic rings. The first-order valence-electron chi connectivity index (χ1n) is 10.8. The van der Waals surface area contributed by atoms with Crippen LogP contribution in [0.5, 0.6) is 11.5 Å². The fraction of sp³-hybridized carbons (Fsp3) is 0.280. The molecular weight excluding hydrogens is 523 g/mol. The van der Waals surface area contributed by atoms with Gasteiger partial charge in [-0.15, -0.1) is 0 Å². The molecule has 8 nitrogen and oxygen atoms in total. The van der Waals surface area contributed by atoms with Crippen LogP contribution >= 0.6 is 7.92 Å². The van der Waals surface area contributed by atoms with E-state index < -0.39 is 39.7 Å². The van der Waals surface area contributed by atoms with Crippen LogP contribution in [-0.4, -0.2) is 40.2 Å². The molecule has 11 heteroatoms. The van der Waals surface area contributed by atoms with Crippen LogP contribution in [0, 0.1) is 20.8 Å². The predicted octanol–water partition coefficient (Wildman–Crippen LogP) is 3.16. The van der Waals surface area contributed by atoms with Crippen molar-refractivity contribution in [3.8, 4) is 11.5 Å². The highest BCUT2D eigenvalue weighted by Crippen LogP contribution is 2.41. The lowest BCUT2D eigenvalue weighted by atomic mass is 10.1. The maximum absolute atomic E-state index is 11.8. The zero-order chi connectivity index (χ0) is 26.8. The highest BCUT2D eigenvalue weighted by atomic mass is 32.2. The van der Waals surface area contributed by atoms with Crippen molar-refractivity contribution < 1.29 is 35.4 Å². The van der Waals surface area contributed by atoms with E-state index in [1.807, 2.05) is 50.2 Å². The summed E-state index contributed by atoms with van der Waals surface area (Å²) >= 11 is 0. The fourth-order valence-corrected chi connectivity index (χ4v) is 8.32. The van der Waals surface area contributed by atoms with Gasteiger partial charge in [-0.2, -0.15) is 16.8 Å². The van der Waals surface area contributed by atoms with E-state index in [0.717, 1.165) is 21.7 Å². The van der Waals surface area contributed by atoms with Gasteiger partial charge < -0.3 is 9.47 Å². The van der Waals surface area contributed by atoms with E-state index in [9.17, 15) is 25.9 Å². The van der Waals surface area contributed by atoms with Gasteiger partial charge in [-0.1, -0.05) is 35.9 Å². The molecule has 0 radical (unpaired) electrons. The van der Waals surface area contributed by atoms with Gasteiger partial charge in [-0.25, -0.2) is 0 Å². The highest BCUT2D eigenvalue weighted by molar-refractivity contribution is 7.85. The van der Waals surface area contributed by atoms with E-state index in [-0.39, 0.29) is 0 Å². The number of hydrogen-bond acceptors (Lipinski definition) is 6. The summed E-state index contributed by atoms with van der Waals surface area (Å²) in [6.45, 7) is 5.56. The number of methoxy groups -OCH3 is 2. The molecule has 0 heterocycles. The van der Waals surface area contributed by atoms with E-state index >= 15 is 0 Å². The Bertz CT molecular complexity index is 1500. The Kier molecular flexibility index (Phi) is 8.48. The Morgan fingerprint density at radius 1 is 0.750 bits per heavy atom. The molecule has 0 aliphatic rings. The molecule has 0 saturated heterocycles. The van der Waals surface area contributed by atoms with Crippen LogP contribution < -0.4 is 25.4 Å². The van der Waals surface area contributed by atoms with Gasteiger partial charge in [-0.05, 0) is 74.2 Å². The van der Waals surface area contributed by atoms with Gasteiger partial charge in [0.05, 0.1) is 14.2 Å². The van der Waals surface area contributed by atoms with E-state index in [4.69, 9.17) is 9.47 Å². The quantitative estimate of drug-likeness (QED) is 0.306. The number of rotatable bonds is 9. The van der Waals surface area contributed by atoms with Crippen LogP contribution in [0.3, 0.4) is 0 Å². The first-order valence-corrected chi connectivity index (χ1v) is 15.4. The Balaban J connectivity index is 2.43. The van der Waals surface area contributed by atoms with Crippen molar-refractivity contribution >= 4 is 44.1 Å².